The number of carboxylic acids is 1. The van der Waals surface area contributed by atoms with E-state index >= 15 is 0 Å². The van der Waals surface area contributed by atoms with Crippen LogP contribution >= 0.6 is 0 Å². The van der Waals surface area contributed by atoms with Gasteiger partial charge in [0.05, 0.1) is 13.0 Å². The van der Waals surface area contributed by atoms with Crippen LogP contribution in [0, 0.1) is 6.92 Å². The van der Waals surface area contributed by atoms with Gasteiger partial charge in [-0.05, 0) is 25.5 Å². The minimum Gasteiger partial charge on any atom is -0.508 e. The molecule has 0 aliphatic carbocycles. The second kappa shape index (κ2) is 4.21. The molecule has 1 aromatic carbocycles. The molecule has 4 heteroatoms. The van der Waals surface area contributed by atoms with Gasteiger partial charge in [0.15, 0.2) is 0 Å². The molecule has 82 valence electrons. The number of carbonyl (C=O) groups is 1. The number of methoxy groups -OCH3 is 1. The fourth-order valence-corrected chi connectivity index (χ4v) is 1.40. The molecule has 2 N–H and O–H groups in total. The van der Waals surface area contributed by atoms with Crippen LogP contribution in [0.1, 0.15) is 24.0 Å². The fourth-order valence-electron chi connectivity index (χ4n) is 1.40. The van der Waals surface area contributed by atoms with Crippen LogP contribution in [0.25, 0.3) is 0 Å². The number of benzene rings is 1. The van der Waals surface area contributed by atoms with E-state index in [4.69, 9.17) is 9.84 Å². The standard InChI is InChI=1S/C11H14O4/c1-6-4-8(7(2)11(13)14)9(12)5-10(6)15-3/h4-5,7,12H,1-3H3,(H,13,14). The van der Waals surface area contributed by atoms with E-state index in [0.29, 0.717) is 11.3 Å². The quantitative estimate of drug-likeness (QED) is 0.799. The first-order valence-corrected chi connectivity index (χ1v) is 4.57. The third-order valence-electron chi connectivity index (χ3n) is 2.38. The van der Waals surface area contributed by atoms with Crippen LogP contribution < -0.4 is 4.74 Å². The van der Waals surface area contributed by atoms with Gasteiger partial charge in [-0.2, -0.15) is 0 Å². The summed E-state index contributed by atoms with van der Waals surface area (Å²) in [7, 11) is 1.50. The van der Waals surface area contributed by atoms with Crippen molar-refractivity contribution in [1.82, 2.24) is 0 Å². The van der Waals surface area contributed by atoms with Crippen LogP contribution in [-0.2, 0) is 4.79 Å². The number of ether oxygens (including phenoxy) is 1. The smallest absolute Gasteiger partial charge is 0.310 e. The lowest BCUT2D eigenvalue weighted by molar-refractivity contribution is -0.138. The monoisotopic (exact) mass is 210 g/mol. The Kier molecular flexibility index (Phi) is 3.19. The molecule has 0 heterocycles. The number of rotatable bonds is 3. The van der Waals surface area contributed by atoms with E-state index < -0.39 is 11.9 Å². The Morgan fingerprint density at radius 1 is 1.47 bits per heavy atom. The topological polar surface area (TPSA) is 66.8 Å². The highest BCUT2D eigenvalue weighted by Gasteiger charge is 2.18. The molecule has 1 rings (SSSR count). The third-order valence-corrected chi connectivity index (χ3v) is 2.38. The predicted octanol–water partition coefficient (Wildman–Crippen LogP) is 1.90. The van der Waals surface area contributed by atoms with Crippen molar-refractivity contribution in [3.05, 3.63) is 23.3 Å². The first-order chi connectivity index (χ1) is 6.97. The lowest BCUT2D eigenvalue weighted by atomic mass is 9.98. The summed E-state index contributed by atoms with van der Waals surface area (Å²) in [5, 5.41) is 18.5. The van der Waals surface area contributed by atoms with Gasteiger partial charge < -0.3 is 14.9 Å². The molecule has 0 radical (unpaired) electrons. The number of hydrogen-bond acceptors (Lipinski definition) is 3. The van der Waals surface area contributed by atoms with Gasteiger partial charge >= 0.3 is 5.97 Å². The summed E-state index contributed by atoms with van der Waals surface area (Å²) in [5.74, 6) is -1.19. The van der Waals surface area contributed by atoms with Gasteiger partial charge in [0.25, 0.3) is 0 Å². The fraction of sp³-hybridized carbons (Fsp3) is 0.364. The molecule has 15 heavy (non-hydrogen) atoms. The van der Waals surface area contributed by atoms with Crippen LogP contribution in [0.2, 0.25) is 0 Å². The van der Waals surface area contributed by atoms with Gasteiger partial charge in [-0.1, -0.05) is 0 Å². The van der Waals surface area contributed by atoms with Crippen LogP contribution in [0.15, 0.2) is 12.1 Å². The predicted molar refractivity (Wildman–Crippen MR) is 55.4 cm³/mol. The summed E-state index contributed by atoms with van der Waals surface area (Å²) >= 11 is 0. The highest BCUT2D eigenvalue weighted by molar-refractivity contribution is 5.77. The summed E-state index contributed by atoms with van der Waals surface area (Å²) < 4.78 is 5.01. The van der Waals surface area contributed by atoms with Gasteiger partial charge in [0.2, 0.25) is 0 Å². The van der Waals surface area contributed by atoms with Crippen molar-refractivity contribution >= 4 is 5.97 Å². The molecule has 1 unspecified atom stereocenters. The SMILES string of the molecule is COc1cc(O)c(C(C)C(=O)O)cc1C. The second-order valence-electron chi connectivity index (χ2n) is 3.44. The molecule has 0 spiro atoms. The number of carboxylic acid groups (broad SMARTS) is 1. The molecule has 0 aromatic heterocycles. The van der Waals surface area contributed by atoms with Crippen LogP contribution in [0.4, 0.5) is 0 Å². The number of aliphatic carboxylic acids is 1. The zero-order valence-corrected chi connectivity index (χ0v) is 8.94. The van der Waals surface area contributed by atoms with E-state index in [2.05, 4.69) is 0 Å². The number of aryl methyl sites for hydroxylation is 1. The average Bonchev–Trinajstić information content (AvgIpc) is 2.19. The Hall–Kier alpha value is -1.71. The van der Waals surface area contributed by atoms with Crippen molar-refractivity contribution in [3.8, 4) is 11.5 Å². The van der Waals surface area contributed by atoms with Crippen molar-refractivity contribution in [1.29, 1.82) is 0 Å². The van der Waals surface area contributed by atoms with Crippen molar-refractivity contribution in [2.75, 3.05) is 7.11 Å². The first kappa shape index (κ1) is 11.4. The second-order valence-corrected chi connectivity index (χ2v) is 3.44. The zero-order valence-electron chi connectivity index (χ0n) is 8.94. The maximum atomic E-state index is 10.8. The summed E-state index contributed by atoms with van der Waals surface area (Å²) in [6.07, 6.45) is 0. The van der Waals surface area contributed by atoms with Crippen molar-refractivity contribution in [2.45, 2.75) is 19.8 Å². The minimum atomic E-state index is -0.963. The average molecular weight is 210 g/mol. The maximum absolute atomic E-state index is 10.8. The molecular weight excluding hydrogens is 196 g/mol. The first-order valence-electron chi connectivity index (χ1n) is 4.57. The van der Waals surface area contributed by atoms with Gasteiger partial charge in [-0.25, -0.2) is 0 Å². The summed E-state index contributed by atoms with van der Waals surface area (Å²) in [5.41, 5.74) is 1.21. The number of phenols is 1. The van der Waals surface area contributed by atoms with E-state index in [1.54, 1.807) is 13.0 Å². The van der Waals surface area contributed by atoms with Gasteiger partial charge in [-0.3, -0.25) is 4.79 Å². The Bertz CT molecular complexity index is 384. The Morgan fingerprint density at radius 3 is 2.53 bits per heavy atom. The Morgan fingerprint density at radius 2 is 2.07 bits per heavy atom. The molecule has 0 bridgehead atoms. The molecule has 0 aliphatic heterocycles. The summed E-state index contributed by atoms with van der Waals surface area (Å²) in [4.78, 5) is 10.8. The van der Waals surface area contributed by atoms with Crippen molar-refractivity contribution < 1.29 is 19.7 Å². The molecular formula is C11H14O4. The van der Waals surface area contributed by atoms with Crippen molar-refractivity contribution in [2.24, 2.45) is 0 Å². The summed E-state index contributed by atoms with van der Waals surface area (Å²) in [6, 6.07) is 3.07. The highest BCUT2D eigenvalue weighted by atomic mass is 16.5. The molecule has 0 amide bonds. The van der Waals surface area contributed by atoms with E-state index in [1.165, 1.54) is 20.1 Å². The molecule has 0 saturated carbocycles. The van der Waals surface area contributed by atoms with Crippen molar-refractivity contribution in [3.63, 3.8) is 0 Å². The third kappa shape index (κ3) is 2.21. The van der Waals surface area contributed by atoms with E-state index in [9.17, 15) is 9.90 Å². The normalized spacial score (nSPS) is 12.2. The molecule has 0 aliphatic rings. The number of phenolic OH excluding ortho intramolecular Hbond substituents is 1. The highest BCUT2D eigenvalue weighted by Crippen LogP contribution is 2.32. The Labute approximate surface area is 88.1 Å². The molecule has 0 saturated heterocycles. The lowest BCUT2D eigenvalue weighted by Gasteiger charge is -2.12. The zero-order chi connectivity index (χ0) is 11.6. The number of aromatic hydroxyl groups is 1. The molecule has 1 aromatic rings. The van der Waals surface area contributed by atoms with E-state index in [-0.39, 0.29) is 5.75 Å². The van der Waals surface area contributed by atoms with Crippen LogP contribution in [0.5, 0.6) is 11.5 Å². The Balaban J connectivity index is 3.21. The lowest BCUT2D eigenvalue weighted by Crippen LogP contribution is -2.08. The molecule has 4 nitrogen and oxygen atoms in total. The summed E-state index contributed by atoms with van der Waals surface area (Å²) in [6.45, 7) is 3.33. The van der Waals surface area contributed by atoms with Gasteiger partial charge in [-0.15, -0.1) is 0 Å². The van der Waals surface area contributed by atoms with Crippen LogP contribution in [0.3, 0.4) is 0 Å². The molecule has 1 atom stereocenters. The molecule has 0 fully saturated rings. The van der Waals surface area contributed by atoms with E-state index in [0.717, 1.165) is 5.56 Å². The van der Waals surface area contributed by atoms with Gasteiger partial charge in [0, 0.05) is 11.6 Å². The minimum absolute atomic E-state index is 0.0487. The van der Waals surface area contributed by atoms with Gasteiger partial charge in [0.1, 0.15) is 11.5 Å². The maximum Gasteiger partial charge on any atom is 0.310 e. The van der Waals surface area contributed by atoms with E-state index in [1.807, 2.05) is 0 Å². The largest absolute Gasteiger partial charge is 0.508 e. The van der Waals surface area contributed by atoms with Crippen LogP contribution in [-0.4, -0.2) is 23.3 Å². The number of hydrogen-bond donors (Lipinski definition) is 2.